The lowest BCUT2D eigenvalue weighted by atomic mass is 10.5. The first-order chi connectivity index (χ1) is 4.75. The van der Waals surface area contributed by atoms with Gasteiger partial charge in [-0.2, -0.15) is 0 Å². The minimum absolute atomic E-state index is 0.105. The van der Waals surface area contributed by atoms with E-state index in [-0.39, 0.29) is 5.88 Å². The van der Waals surface area contributed by atoms with Crippen molar-refractivity contribution in [2.45, 2.75) is 19.9 Å². The van der Waals surface area contributed by atoms with E-state index in [9.17, 15) is 4.79 Å². The number of aromatic hydroxyl groups is 1. The molecule has 0 aromatic carbocycles. The Morgan fingerprint density at radius 1 is 1.80 bits per heavy atom. The van der Waals surface area contributed by atoms with Crippen LogP contribution in [0, 0.1) is 0 Å². The maximum atomic E-state index is 10.7. The van der Waals surface area contributed by atoms with Crippen molar-refractivity contribution in [3.05, 3.63) is 16.8 Å². The van der Waals surface area contributed by atoms with E-state index in [1.54, 1.807) is 0 Å². The third kappa shape index (κ3) is 1.05. The number of hydrogen-bond donors (Lipinski definition) is 1. The predicted molar refractivity (Wildman–Crippen MR) is 34.9 cm³/mol. The monoisotopic (exact) mass is 143 g/mol. The smallest absolute Gasteiger partial charge is 0.421 e. The van der Waals surface area contributed by atoms with Gasteiger partial charge in [0, 0.05) is 6.54 Å². The number of nitrogens with zero attached hydrogens (tertiary/aromatic N) is 1. The molecule has 0 aliphatic heterocycles. The number of hydrogen-bond acceptors (Lipinski definition) is 3. The van der Waals surface area contributed by atoms with Crippen molar-refractivity contribution in [2.24, 2.45) is 0 Å². The van der Waals surface area contributed by atoms with Crippen LogP contribution in [0.2, 0.25) is 0 Å². The molecular formula is C6H9NO3. The summed E-state index contributed by atoms with van der Waals surface area (Å²) in [4.78, 5) is 10.7. The van der Waals surface area contributed by atoms with Gasteiger partial charge in [-0.3, -0.25) is 0 Å². The molecule has 1 heterocycles. The molecule has 1 aromatic heterocycles. The van der Waals surface area contributed by atoms with Crippen LogP contribution >= 0.6 is 0 Å². The molecular weight excluding hydrogens is 134 g/mol. The lowest BCUT2D eigenvalue weighted by molar-refractivity contribution is 0.411. The highest BCUT2D eigenvalue weighted by Gasteiger charge is 2.03. The van der Waals surface area contributed by atoms with Crippen LogP contribution in [0.4, 0.5) is 0 Å². The molecule has 1 rings (SSSR count). The van der Waals surface area contributed by atoms with Gasteiger partial charge in [-0.15, -0.1) is 0 Å². The summed E-state index contributed by atoms with van der Waals surface area (Å²) in [6, 6.07) is 0. The highest BCUT2D eigenvalue weighted by molar-refractivity contribution is 4.98. The van der Waals surface area contributed by atoms with Crippen molar-refractivity contribution >= 4 is 0 Å². The van der Waals surface area contributed by atoms with Crippen molar-refractivity contribution in [2.75, 3.05) is 0 Å². The summed E-state index contributed by atoms with van der Waals surface area (Å²) in [5, 5.41) is 8.93. The van der Waals surface area contributed by atoms with Gasteiger partial charge in [-0.05, 0) is 6.42 Å². The molecule has 1 N–H and O–H groups in total. The molecule has 0 aliphatic carbocycles. The zero-order valence-corrected chi connectivity index (χ0v) is 5.70. The Morgan fingerprint density at radius 2 is 2.50 bits per heavy atom. The zero-order valence-electron chi connectivity index (χ0n) is 5.70. The molecule has 0 saturated carbocycles. The van der Waals surface area contributed by atoms with Crippen molar-refractivity contribution < 1.29 is 9.52 Å². The van der Waals surface area contributed by atoms with Crippen LogP contribution in [-0.4, -0.2) is 9.67 Å². The summed E-state index contributed by atoms with van der Waals surface area (Å²) in [5.74, 6) is -0.605. The second-order valence-electron chi connectivity index (χ2n) is 2.01. The minimum atomic E-state index is -0.501. The number of aromatic nitrogens is 1. The van der Waals surface area contributed by atoms with Gasteiger partial charge in [-0.25, -0.2) is 9.36 Å². The molecule has 56 valence electrons. The van der Waals surface area contributed by atoms with Gasteiger partial charge in [0.25, 0.3) is 0 Å². The number of rotatable bonds is 2. The van der Waals surface area contributed by atoms with Gasteiger partial charge < -0.3 is 9.52 Å². The lowest BCUT2D eigenvalue weighted by Gasteiger charge is -1.94. The highest BCUT2D eigenvalue weighted by atomic mass is 16.4. The third-order valence-corrected chi connectivity index (χ3v) is 1.21. The van der Waals surface area contributed by atoms with Gasteiger partial charge in [0.2, 0.25) is 5.88 Å². The molecule has 0 spiro atoms. The van der Waals surface area contributed by atoms with E-state index in [2.05, 4.69) is 4.42 Å². The first-order valence-electron chi connectivity index (χ1n) is 3.13. The van der Waals surface area contributed by atoms with Gasteiger partial charge in [-0.1, -0.05) is 6.92 Å². The Bertz CT molecular complexity index is 260. The second kappa shape index (κ2) is 2.60. The largest absolute Gasteiger partial charge is 0.492 e. The van der Waals surface area contributed by atoms with E-state index < -0.39 is 5.76 Å². The molecule has 1 aromatic rings. The lowest BCUT2D eigenvalue weighted by Crippen LogP contribution is -2.13. The van der Waals surface area contributed by atoms with E-state index in [1.165, 1.54) is 4.57 Å². The first kappa shape index (κ1) is 6.92. The van der Waals surface area contributed by atoms with Crippen LogP contribution in [0.15, 0.2) is 15.5 Å². The zero-order chi connectivity index (χ0) is 7.56. The van der Waals surface area contributed by atoms with Gasteiger partial charge in [0.05, 0.1) is 0 Å². The number of oxazole rings is 1. The average molecular weight is 143 g/mol. The third-order valence-electron chi connectivity index (χ3n) is 1.21. The molecule has 10 heavy (non-hydrogen) atoms. The summed E-state index contributed by atoms with van der Waals surface area (Å²) in [6.45, 7) is 2.42. The fourth-order valence-electron chi connectivity index (χ4n) is 0.753. The van der Waals surface area contributed by atoms with Crippen LogP contribution in [0.25, 0.3) is 0 Å². The van der Waals surface area contributed by atoms with E-state index in [0.717, 1.165) is 12.7 Å². The van der Waals surface area contributed by atoms with Gasteiger partial charge in [0.1, 0.15) is 0 Å². The molecule has 0 fully saturated rings. The fourth-order valence-corrected chi connectivity index (χ4v) is 0.753. The van der Waals surface area contributed by atoms with E-state index in [1.807, 2.05) is 6.92 Å². The summed E-state index contributed by atoms with van der Waals surface area (Å²) in [7, 11) is 0. The van der Waals surface area contributed by atoms with Crippen LogP contribution < -0.4 is 5.76 Å². The summed E-state index contributed by atoms with van der Waals surface area (Å²) >= 11 is 0. The van der Waals surface area contributed by atoms with Crippen molar-refractivity contribution in [1.29, 1.82) is 0 Å². The molecule has 0 saturated heterocycles. The Morgan fingerprint density at radius 3 is 2.90 bits per heavy atom. The van der Waals surface area contributed by atoms with Crippen molar-refractivity contribution in [3.8, 4) is 5.88 Å². The maximum absolute atomic E-state index is 10.7. The summed E-state index contributed by atoms with van der Waals surface area (Å²) in [6.07, 6.45) is 1.84. The topological polar surface area (TPSA) is 55.4 Å². The standard InChI is InChI=1S/C6H9NO3/c1-2-3-7-5(8)4-10-6(7)9/h4,8H,2-3H2,1H3. The van der Waals surface area contributed by atoms with E-state index in [4.69, 9.17) is 5.11 Å². The highest BCUT2D eigenvalue weighted by Crippen LogP contribution is 2.04. The fraction of sp³-hybridized carbons (Fsp3) is 0.500. The minimum Gasteiger partial charge on any atom is -0.492 e. The average Bonchev–Trinajstić information content (AvgIpc) is 2.20. The Hall–Kier alpha value is -1.19. The van der Waals surface area contributed by atoms with Crippen LogP contribution in [-0.2, 0) is 6.54 Å². The normalized spacial score (nSPS) is 10.1. The van der Waals surface area contributed by atoms with Crippen molar-refractivity contribution in [3.63, 3.8) is 0 Å². The predicted octanol–water partition coefficient (Wildman–Crippen LogP) is 0.557. The van der Waals surface area contributed by atoms with E-state index >= 15 is 0 Å². The molecule has 4 nitrogen and oxygen atoms in total. The Labute approximate surface area is 57.7 Å². The van der Waals surface area contributed by atoms with Crippen LogP contribution in [0.3, 0.4) is 0 Å². The van der Waals surface area contributed by atoms with E-state index in [0.29, 0.717) is 6.54 Å². The Balaban J connectivity index is 2.99. The second-order valence-corrected chi connectivity index (χ2v) is 2.01. The van der Waals surface area contributed by atoms with Gasteiger partial charge in [0.15, 0.2) is 6.26 Å². The molecule has 0 radical (unpaired) electrons. The van der Waals surface area contributed by atoms with Crippen LogP contribution in [0.1, 0.15) is 13.3 Å². The molecule has 0 bridgehead atoms. The quantitative estimate of drug-likeness (QED) is 0.658. The van der Waals surface area contributed by atoms with Crippen LogP contribution in [0.5, 0.6) is 5.88 Å². The Kier molecular flexibility index (Phi) is 1.80. The van der Waals surface area contributed by atoms with Crippen molar-refractivity contribution in [1.82, 2.24) is 4.57 Å². The summed E-state index contributed by atoms with van der Waals surface area (Å²) in [5.41, 5.74) is 0. The SMILES string of the molecule is CCCn1c(O)coc1=O. The molecule has 0 atom stereocenters. The molecule has 0 unspecified atom stereocenters. The summed E-state index contributed by atoms with van der Waals surface area (Å²) < 4.78 is 5.59. The maximum Gasteiger partial charge on any atom is 0.421 e. The molecule has 4 heteroatoms. The molecule has 0 amide bonds. The first-order valence-corrected chi connectivity index (χ1v) is 3.13. The van der Waals surface area contributed by atoms with Gasteiger partial charge >= 0.3 is 5.76 Å². The molecule has 0 aliphatic rings.